The van der Waals surface area contributed by atoms with Gasteiger partial charge in [-0.3, -0.25) is 0 Å². The predicted molar refractivity (Wildman–Crippen MR) is 62.9 cm³/mol. The molecule has 0 saturated carbocycles. The van der Waals surface area contributed by atoms with Gasteiger partial charge in [-0.2, -0.15) is 0 Å². The van der Waals surface area contributed by atoms with Crippen molar-refractivity contribution >= 4 is 22.7 Å². The van der Waals surface area contributed by atoms with Gasteiger partial charge in [-0.1, -0.05) is 6.07 Å². The lowest BCUT2D eigenvalue weighted by Gasteiger charge is -2.04. The maximum absolute atomic E-state index is 4.59. The Kier molecular flexibility index (Phi) is 2.96. The van der Waals surface area contributed by atoms with Crippen LogP contribution < -0.4 is 5.32 Å². The minimum Gasteiger partial charge on any atom is -0.312 e. The van der Waals surface area contributed by atoms with Gasteiger partial charge in [0.1, 0.15) is 5.01 Å². The smallest absolute Gasteiger partial charge is 0.133 e. The molecule has 2 nitrogen and oxygen atoms in total. The van der Waals surface area contributed by atoms with Gasteiger partial charge in [-0.05, 0) is 25.4 Å². The van der Waals surface area contributed by atoms with Crippen molar-refractivity contribution in [2.45, 2.75) is 13.0 Å². The van der Waals surface area contributed by atoms with Crippen LogP contribution in [0.2, 0.25) is 0 Å². The van der Waals surface area contributed by atoms with E-state index in [1.54, 1.807) is 22.7 Å². The van der Waals surface area contributed by atoms with Crippen molar-refractivity contribution in [1.29, 1.82) is 0 Å². The van der Waals surface area contributed by atoms with E-state index in [1.807, 2.05) is 7.05 Å². The summed E-state index contributed by atoms with van der Waals surface area (Å²) in [4.78, 5) is 5.84. The zero-order valence-electron chi connectivity index (χ0n) is 8.15. The number of thiazole rings is 1. The number of aromatic nitrogens is 1. The molecule has 2 aromatic rings. The highest BCUT2D eigenvalue weighted by molar-refractivity contribution is 7.20. The highest BCUT2D eigenvalue weighted by Crippen LogP contribution is 2.29. The van der Waals surface area contributed by atoms with Crippen LogP contribution in [0.4, 0.5) is 0 Å². The summed E-state index contributed by atoms with van der Waals surface area (Å²) in [6.07, 6.45) is 0. The van der Waals surface area contributed by atoms with Gasteiger partial charge in [0.25, 0.3) is 0 Å². The fourth-order valence-corrected chi connectivity index (χ4v) is 2.87. The van der Waals surface area contributed by atoms with Crippen LogP contribution in [-0.4, -0.2) is 12.0 Å². The third-order valence-corrected chi connectivity index (χ3v) is 4.03. The van der Waals surface area contributed by atoms with E-state index in [9.17, 15) is 0 Å². The van der Waals surface area contributed by atoms with E-state index in [4.69, 9.17) is 0 Å². The average Bonchev–Trinajstić information content (AvgIpc) is 2.86. The highest BCUT2D eigenvalue weighted by Gasteiger charge is 2.09. The van der Waals surface area contributed by atoms with Crippen molar-refractivity contribution in [3.63, 3.8) is 0 Å². The van der Waals surface area contributed by atoms with Gasteiger partial charge in [0.2, 0.25) is 0 Å². The lowest BCUT2D eigenvalue weighted by atomic mass is 10.3. The van der Waals surface area contributed by atoms with Crippen LogP contribution in [-0.2, 0) is 0 Å². The quantitative estimate of drug-likeness (QED) is 0.866. The molecule has 0 saturated heterocycles. The van der Waals surface area contributed by atoms with Crippen LogP contribution in [0, 0.1) is 0 Å². The van der Waals surface area contributed by atoms with Crippen molar-refractivity contribution in [3.8, 4) is 9.88 Å². The molecule has 0 aliphatic heterocycles. The molecule has 1 atom stereocenters. The molecular weight excluding hydrogens is 212 g/mol. The Morgan fingerprint density at radius 3 is 2.93 bits per heavy atom. The standard InChI is InChI=1S/C10H12N2S2/c1-7(11-2)8-6-14-10(12-8)9-4-3-5-13-9/h3-7,11H,1-2H3. The van der Waals surface area contributed by atoms with Crippen LogP contribution in [0.15, 0.2) is 22.9 Å². The molecule has 0 aromatic carbocycles. The van der Waals surface area contributed by atoms with Crippen LogP contribution in [0.3, 0.4) is 0 Å². The van der Waals surface area contributed by atoms with E-state index in [0.717, 1.165) is 10.7 Å². The Morgan fingerprint density at radius 2 is 2.29 bits per heavy atom. The lowest BCUT2D eigenvalue weighted by molar-refractivity contribution is 0.637. The minimum atomic E-state index is 0.333. The Labute approximate surface area is 91.6 Å². The summed E-state index contributed by atoms with van der Waals surface area (Å²) in [7, 11) is 1.95. The molecule has 2 heterocycles. The average molecular weight is 224 g/mol. The van der Waals surface area contributed by atoms with Gasteiger partial charge < -0.3 is 5.32 Å². The third-order valence-electron chi connectivity index (χ3n) is 2.13. The van der Waals surface area contributed by atoms with Crippen molar-refractivity contribution in [2.24, 2.45) is 0 Å². The molecule has 0 amide bonds. The molecule has 1 N–H and O–H groups in total. The number of nitrogens with zero attached hydrogens (tertiary/aromatic N) is 1. The van der Waals surface area contributed by atoms with Crippen molar-refractivity contribution in [3.05, 3.63) is 28.6 Å². The second-order valence-corrected chi connectivity index (χ2v) is 4.87. The molecule has 2 rings (SSSR count). The summed E-state index contributed by atoms with van der Waals surface area (Å²) >= 11 is 3.45. The summed E-state index contributed by atoms with van der Waals surface area (Å²) in [5, 5.41) is 8.51. The number of thiophene rings is 1. The van der Waals surface area contributed by atoms with Crippen LogP contribution in [0.25, 0.3) is 9.88 Å². The molecule has 14 heavy (non-hydrogen) atoms. The van der Waals surface area contributed by atoms with E-state index in [0.29, 0.717) is 6.04 Å². The van der Waals surface area contributed by atoms with Gasteiger partial charge in [-0.25, -0.2) is 4.98 Å². The third kappa shape index (κ3) is 1.87. The van der Waals surface area contributed by atoms with Gasteiger partial charge >= 0.3 is 0 Å². The molecular formula is C10H12N2S2. The summed E-state index contributed by atoms with van der Waals surface area (Å²) in [6.45, 7) is 2.12. The fourth-order valence-electron chi connectivity index (χ4n) is 1.15. The second-order valence-electron chi connectivity index (χ2n) is 3.07. The van der Waals surface area contributed by atoms with Crippen LogP contribution in [0.1, 0.15) is 18.7 Å². The summed E-state index contributed by atoms with van der Waals surface area (Å²) in [6, 6.07) is 4.50. The van der Waals surface area contributed by atoms with E-state index in [2.05, 4.69) is 40.1 Å². The lowest BCUT2D eigenvalue weighted by Crippen LogP contribution is -2.12. The molecule has 0 radical (unpaired) electrons. The summed E-state index contributed by atoms with van der Waals surface area (Å²) in [5.74, 6) is 0. The molecule has 0 spiro atoms. The zero-order chi connectivity index (χ0) is 9.97. The molecule has 2 aromatic heterocycles. The van der Waals surface area contributed by atoms with E-state index >= 15 is 0 Å². The Bertz CT molecular complexity index is 392. The first kappa shape index (κ1) is 9.83. The second kappa shape index (κ2) is 4.21. The van der Waals surface area contributed by atoms with E-state index < -0.39 is 0 Å². The van der Waals surface area contributed by atoms with E-state index in [-0.39, 0.29) is 0 Å². The largest absolute Gasteiger partial charge is 0.312 e. The zero-order valence-corrected chi connectivity index (χ0v) is 9.78. The fraction of sp³-hybridized carbons (Fsp3) is 0.300. The SMILES string of the molecule is CNC(C)c1csc(-c2cccs2)n1. The number of rotatable bonds is 3. The van der Waals surface area contributed by atoms with Crippen molar-refractivity contribution in [2.75, 3.05) is 7.05 Å². The maximum atomic E-state index is 4.59. The first-order valence-electron chi connectivity index (χ1n) is 4.48. The highest BCUT2D eigenvalue weighted by atomic mass is 32.1. The van der Waals surface area contributed by atoms with Crippen LogP contribution >= 0.6 is 22.7 Å². The topological polar surface area (TPSA) is 24.9 Å². The summed E-state index contributed by atoms with van der Waals surface area (Å²) < 4.78 is 0. The van der Waals surface area contributed by atoms with Gasteiger partial charge in [0, 0.05) is 11.4 Å². The Hall–Kier alpha value is -0.710. The molecule has 74 valence electrons. The number of nitrogens with one attached hydrogen (secondary N) is 1. The predicted octanol–water partition coefficient (Wildman–Crippen LogP) is 3.15. The van der Waals surface area contributed by atoms with E-state index in [1.165, 1.54) is 4.88 Å². The normalized spacial score (nSPS) is 13.0. The molecule has 0 fully saturated rings. The van der Waals surface area contributed by atoms with Gasteiger partial charge in [-0.15, -0.1) is 22.7 Å². The van der Waals surface area contributed by atoms with Crippen LogP contribution in [0.5, 0.6) is 0 Å². The first-order valence-corrected chi connectivity index (χ1v) is 6.23. The Morgan fingerprint density at radius 1 is 1.43 bits per heavy atom. The molecule has 0 aliphatic rings. The van der Waals surface area contributed by atoms with Crippen molar-refractivity contribution < 1.29 is 0 Å². The molecule has 4 heteroatoms. The summed E-state index contributed by atoms with van der Waals surface area (Å²) in [5.41, 5.74) is 1.13. The van der Waals surface area contributed by atoms with Gasteiger partial charge in [0.15, 0.2) is 0 Å². The van der Waals surface area contributed by atoms with Crippen molar-refractivity contribution in [1.82, 2.24) is 10.3 Å². The molecule has 0 aliphatic carbocycles. The van der Waals surface area contributed by atoms with Gasteiger partial charge in [0.05, 0.1) is 10.6 Å². The Balaban J connectivity index is 2.26. The molecule has 1 unspecified atom stereocenters. The maximum Gasteiger partial charge on any atom is 0.133 e. The molecule has 0 bridgehead atoms. The monoisotopic (exact) mass is 224 g/mol. The number of hydrogen-bond acceptors (Lipinski definition) is 4. The first-order chi connectivity index (χ1) is 6.81. The number of hydrogen-bond donors (Lipinski definition) is 1. The minimum absolute atomic E-state index is 0.333.